The highest BCUT2D eigenvalue weighted by Gasteiger charge is 2.19. The molecule has 4 rings (SSSR count). The van der Waals surface area contributed by atoms with E-state index in [2.05, 4.69) is 29.0 Å². The van der Waals surface area contributed by atoms with Gasteiger partial charge in [0, 0.05) is 13.6 Å². The Morgan fingerprint density at radius 1 is 1.14 bits per heavy atom. The number of nitrogens with one attached hydrogen (secondary N) is 1. The molecule has 0 atom stereocenters. The van der Waals surface area contributed by atoms with Crippen molar-refractivity contribution >= 4 is 23.4 Å². The molecule has 2 aromatic heterocycles. The molecule has 37 heavy (non-hydrogen) atoms. The van der Waals surface area contributed by atoms with Crippen LogP contribution in [-0.2, 0) is 31.4 Å². The van der Waals surface area contributed by atoms with Crippen LogP contribution in [0.5, 0.6) is 5.75 Å². The molecule has 192 valence electrons. The van der Waals surface area contributed by atoms with Gasteiger partial charge in [-0.3, -0.25) is 18.8 Å². The molecule has 0 radical (unpaired) electrons. The summed E-state index contributed by atoms with van der Waals surface area (Å²) in [6, 6.07) is 17.2. The maximum absolute atomic E-state index is 13.1. The third-order valence-electron chi connectivity index (χ3n) is 5.96. The first-order chi connectivity index (χ1) is 17.9. The molecule has 0 aliphatic heterocycles. The van der Waals surface area contributed by atoms with E-state index in [1.807, 2.05) is 59.2 Å². The number of carbonyl (C=O) groups is 1. The van der Waals surface area contributed by atoms with E-state index in [4.69, 9.17) is 4.74 Å². The summed E-state index contributed by atoms with van der Waals surface area (Å²) in [6.45, 7) is 8.43. The topological polar surface area (TPSA) is 96.0 Å². The van der Waals surface area contributed by atoms with E-state index in [-0.39, 0.29) is 29.5 Å². The Balaban J connectivity index is 1.42. The van der Waals surface area contributed by atoms with Gasteiger partial charge in [-0.2, -0.15) is 0 Å². The minimum absolute atomic E-state index is 0.0632. The van der Waals surface area contributed by atoms with E-state index in [1.165, 1.54) is 22.0 Å². The molecule has 1 amide bonds. The zero-order valence-electron chi connectivity index (χ0n) is 21.2. The minimum Gasteiger partial charge on any atom is -0.486 e. The summed E-state index contributed by atoms with van der Waals surface area (Å²) in [6.07, 6.45) is 2.71. The number of thioether (sulfide) groups is 1. The maximum atomic E-state index is 13.1. The smallest absolute Gasteiger partial charge is 0.295 e. The van der Waals surface area contributed by atoms with Crippen LogP contribution < -0.4 is 15.6 Å². The Labute approximate surface area is 219 Å². The first kappa shape index (κ1) is 26.0. The predicted molar refractivity (Wildman–Crippen MR) is 145 cm³/mol. The lowest BCUT2D eigenvalue weighted by molar-refractivity contribution is -0.113. The van der Waals surface area contributed by atoms with Crippen molar-refractivity contribution in [2.24, 2.45) is 7.05 Å². The summed E-state index contributed by atoms with van der Waals surface area (Å²) in [4.78, 5) is 25.9. The Morgan fingerprint density at radius 2 is 1.86 bits per heavy atom. The number of carbonyl (C=O) groups excluding carboxylic acids is 1. The third-order valence-corrected chi connectivity index (χ3v) is 6.92. The Kier molecular flexibility index (Phi) is 8.29. The average molecular weight is 519 g/mol. The summed E-state index contributed by atoms with van der Waals surface area (Å²) >= 11 is 1.24. The third kappa shape index (κ3) is 5.86. The molecule has 0 saturated carbocycles. The Morgan fingerprint density at radius 3 is 2.54 bits per heavy atom. The molecule has 4 aromatic rings. The van der Waals surface area contributed by atoms with E-state index in [0.717, 1.165) is 17.9 Å². The molecule has 0 aliphatic carbocycles. The number of hydrogen-bond donors (Lipinski definition) is 1. The van der Waals surface area contributed by atoms with Crippen molar-refractivity contribution in [3.63, 3.8) is 0 Å². The number of aryl methyl sites for hydroxylation is 1. The number of benzene rings is 2. The summed E-state index contributed by atoms with van der Waals surface area (Å²) in [5, 5.41) is 11.8. The number of nitrogens with zero attached hydrogens (tertiary/aromatic N) is 5. The van der Waals surface area contributed by atoms with Gasteiger partial charge >= 0.3 is 0 Å². The largest absolute Gasteiger partial charge is 0.486 e. The van der Waals surface area contributed by atoms with Crippen molar-refractivity contribution in [3.05, 3.63) is 94.7 Å². The summed E-state index contributed by atoms with van der Waals surface area (Å²) in [5.41, 5.74) is 2.59. The van der Waals surface area contributed by atoms with E-state index in [9.17, 15) is 9.59 Å². The van der Waals surface area contributed by atoms with Crippen LogP contribution in [-0.4, -0.2) is 35.8 Å². The SMILES string of the molecule is C=CCn1c(COc2ccc(CC)cc2)nnc1SCC(=O)Nc1c(C)n(C)n(-c2ccccc2)c1=O. The molecule has 0 saturated heterocycles. The second-order valence-electron chi connectivity index (χ2n) is 8.36. The second kappa shape index (κ2) is 11.8. The van der Waals surface area contributed by atoms with E-state index in [0.29, 0.717) is 23.2 Å². The molecule has 0 unspecified atom stereocenters. The van der Waals surface area contributed by atoms with E-state index < -0.39 is 0 Å². The van der Waals surface area contributed by atoms with Gasteiger partial charge in [0.15, 0.2) is 11.0 Å². The van der Waals surface area contributed by atoms with Crippen molar-refractivity contribution in [2.45, 2.75) is 38.6 Å². The highest BCUT2D eigenvalue weighted by molar-refractivity contribution is 7.99. The molecule has 9 nitrogen and oxygen atoms in total. The molecule has 1 N–H and O–H groups in total. The number of para-hydroxylation sites is 1. The monoisotopic (exact) mass is 518 g/mol. The van der Waals surface area contributed by atoms with Crippen LogP contribution in [0.1, 0.15) is 24.0 Å². The van der Waals surface area contributed by atoms with Crippen LogP contribution >= 0.6 is 11.8 Å². The fourth-order valence-electron chi connectivity index (χ4n) is 3.83. The quantitative estimate of drug-likeness (QED) is 0.237. The van der Waals surface area contributed by atoms with Crippen molar-refractivity contribution in [1.82, 2.24) is 24.1 Å². The van der Waals surface area contributed by atoms with Crippen LogP contribution in [0.15, 0.2) is 77.2 Å². The van der Waals surface area contributed by atoms with Crippen molar-refractivity contribution in [2.75, 3.05) is 11.1 Å². The van der Waals surface area contributed by atoms with Crippen LogP contribution in [0.3, 0.4) is 0 Å². The number of anilines is 1. The van der Waals surface area contributed by atoms with Crippen LogP contribution in [0, 0.1) is 6.92 Å². The molecule has 2 aromatic carbocycles. The lowest BCUT2D eigenvalue weighted by atomic mass is 10.2. The first-order valence-corrected chi connectivity index (χ1v) is 12.9. The first-order valence-electron chi connectivity index (χ1n) is 11.9. The number of amides is 1. The molecule has 0 bridgehead atoms. The van der Waals surface area contributed by atoms with Crippen LogP contribution in [0.2, 0.25) is 0 Å². The molecule has 2 heterocycles. The van der Waals surface area contributed by atoms with Crippen LogP contribution in [0.25, 0.3) is 5.69 Å². The van der Waals surface area contributed by atoms with Gasteiger partial charge in [-0.05, 0) is 43.2 Å². The molecular weight excluding hydrogens is 488 g/mol. The van der Waals surface area contributed by atoms with E-state index in [1.54, 1.807) is 24.7 Å². The highest BCUT2D eigenvalue weighted by Crippen LogP contribution is 2.20. The standard InChI is InChI=1S/C27H30N6O3S/c1-5-16-32-23(17-36-22-14-12-20(6-2)13-15-22)29-30-27(32)37-18-24(34)28-25-19(3)31(4)33(26(25)35)21-10-8-7-9-11-21/h5,7-15H,1,6,16-18H2,2-4H3,(H,28,34). The number of rotatable bonds is 11. The predicted octanol–water partition coefficient (Wildman–Crippen LogP) is 4.13. The van der Waals surface area contributed by atoms with Gasteiger partial charge in [0.1, 0.15) is 18.0 Å². The van der Waals surface area contributed by atoms with Gasteiger partial charge in [-0.25, -0.2) is 4.68 Å². The van der Waals surface area contributed by atoms with Gasteiger partial charge < -0.3 is 10.1 Å². The fraction of sp³-hybridized carbons (Fsp3) is 0.259. The second-order valence-corrected chi connectivity index (χ2v) is 9.30. The number of allylic oxidation sites excluding steroid dienone is 1. The molecule has 0 fully saturated rings. The molecule has 0 aliphatic rings. The molecule has 10 heteroatoms. The summed E-state index contributed by atoms with van der Waals surface area (Å²) < 4.78 is 11.0. The van der Waals surface area contributed by atoms with Crippen molar-refractivity contribution in [1.29, 1.82) is 0 Å². The van der Waals surface area contributed by atoms with Crippen molar-refractivity contribution < 1.29 is 9.53 Å². The zero-order valence-corrected chi connectivity index (χ0v) is 22.0. The number of ether oxygens (including phenoxy) is 1. The maximum Gasteiger partial charge on any atom is 0.295 e. The Bertz CT molecular complexity index is 1440. The van der Waals surface area contributed by atoms with Gasteiger partial charge in [-0.1, -0.05) is 55.1 Å². The lowest BCUT2D eigenvalue weighted by Crippen LogP contribution is -2.23. The van der Waals surface area contributed by atoms with E-state index >= 15 is 0 Å². The summed E-state index contributed by atoms with van der Waals surface area (Å²) in [7, 11) is 1.79. The Hall–Kier alpha value is -4.05. The van der Waals surface area contributed by atoms with Gasteiger partial charge in [-0.15, -0.1) is 16.8 Å². The summed E-state index contributed by atoms with van der Waals surface area (Å²) in [5.74, 6) is 1.14. The lowest BCUT2D eigenvalue weighted by Gasteiger charge is -2.09. The van der Waals surface area contributed by atoms with Crippen LogP contribution in [0.4, 0.5) is 5.69 Å². The number of hydrogen-bond acceptors (Lipinski definition) is 6. The van der Waals surface area contributed by atoms with Gasteiger partial charge in [0.05, 0.1) is 17.1 Å². The minimum atomic E-state index is -0.307. The fourth-order valence-corrected chi connectivity index (χ4v) is 4.60. The average Bonchev–Trinajstić information content (AvgIpc) is 3.40. The molecular formula is C27H30N6O3S. The number of aromatic nitrogens is 5. The normalized spacial score (nSPS) is 10.9. The van der Waals surface area contributed by atoms with Gasteiger partial charge in [0.2, 0.25) is 5.91 Å². The zero-order chi connectivity index (χ0) is 26.4. The highest BCUT2D eigenvalue weighted by atomic mass is 32.2. The van der Waals surface area contributed by atoms with Crippen molar-refractivity contribution in [3.8, 4) is 11.4 Å². The molecule has 0 spiro atoms. The van der Waals surface area contributed by atoms with Gasteiger partial charge in [0.25, 0.3) is 5.56 Å².